The maximum Gasteiger partial charge on any atom is 0.263 e. The number of benzene rings is 2. The minimum atomic E-state index is -0.976. The second-order valence-corrected chi connectivity index (χ2v) is 8.38. The van der Waals surface area contributed by atoms with Crippen molar-refractivity contribution in [3.05, 3.63) is 59.2 Å². The fourth-order valence-corrected chi connectivity index (χ4v) is 4.20. The molecular formula is C19H14F2N4O4S2. The van der Waals surface area contributed by atoms with E-state index < -0.39 is 23.1 Å². The largest absolute Gasteiger partial charge is 0.454 e. The highest BCUT2D eigenvalue weighted by molar-refractivity contribution is 8.01. The first kappa shape index (κ1) is 21.0. The van der Waals surface area contributed by atoms with Gasteiger partial charge in [0.1, 0.15) is 17.2 Å². The monoisotopic (exact) mass is 464 g/mol. The van der Waals surface area contributed by atoms with Gasteiger partial charge in [-0.25, -0.2) is 8.78 Å². The summed E-state index contributed by atoms with van der Waals surface area (Å²) in [6, 6.07) is 8.55. The third-order valence-electron chi connectivity index (χ3n) is 4.07. The number of hydrogen-bond donors (Lipinski definition) is 2. The number of carbonyl (C=O) groups is 2. The Balaban J connectivity index is 1.26. The third kappa shape index (κ3) is 5.09. The number of ether oxygens (including phenoxy) is 2. The lowest BCUT2D eigenvalue weighted by atomic mass is 10.2. The number of nitrogens with one attached hydrogen (secondary N) is 2. The summed E-state index contributed by atoms with van der Waals surface area (Å²) >= 11 is 2.11. The van der Waals surface area contributed by atoms with Gasteiger partial charge in [0.05, 0.1) is 5.75 Å². The molecule has 0 saturated carbocycles. The highest BCUT2D eigenvalue weighted by atomic mass is 32.2. The molecule has 0 spiro atoms. The molecule has 4 rings (SSSR count). The van der Waals surface area contributed by atoms with E-state index in [1.807, 2.05) is 6.07 Å². The molecule has 0 unspecified atom stereocenters. The van der Waals surface area contributed by atoms with E-state index in [9.17, 15) is 18.4 Å². The first-order valence-corrected chi connectivity index (χ1v) is 10.7. The minimum absolute atomic E-state index is 0.0657. The Morgan fingerprint density at radius 1 is 1.10 bits per heavy atom. The highest BCUT2D eigenvalue weighted by Crippen LogP contribution is 2.32. The summed E-state index contributed by atoms with van der Waals surface area (Å²) < 4.78 is 38.3. The average molecular weight is 464 g/mol. The molecule has 0 fully saturated rings. The van der Waals surface area contributed by atoms with Gasteiger partial charge in [0.25, 0.3) is 5.91 Å². The predicted molar refractivity (Wildman–Crippen MR) is 109 cm³/mol. The van der Waals surface area contributed by atoms with Gasteiger partial charge < -0.3 is 14.8 Å². The Hall–Kier alpha value is -3.25. The third-order valence-corrected chi connectivity index (χ3v) is 6.04. The zero-order valence-electron chi connectivity index (χ0n) is 15.7. The second kappa shape index (κ2) is 9.27. The molecule has 2 aromatic carbocycles. The van der Waals surface area contributed by atoms with Crippen LogP contribution in [0.1, 0.15) is 15.9 Å². The maximum atomic E-state index is 13.7. The molecule has 1 aliphatic rings. The van der Waals surface area contributed by atoms with E-state index in [0.717, 1.165) is 40.8 Å². The van der Waals surface area contributed by atoms with E-state index in [1.54, 1.807) is 12.1 Å². The predicted octanol–water partition coefficient (Wildman–Crippen LogP) is 3.21. The van der Waals surface area contributed by atoms with Crippen LogP contribution in [0.2, 0.25) is 0 Å². The van der Waals surface area contributed by atoms with Crippen LogP contribution in [0.4, 0.5) is 13.9 Å². The van der Waals surface area contributed by atoms with Gasteiger partial charge in [0.15, 0.2) is 15.8 Å². The lowest BCUT2D eigenvalue weighted by Gasteiger charge is -2.05. The fourth-order valence-electron chi connectivity index (χ4n) is 2.62. The molecule has 31 heavy (non-hydrogen) atoms. The molecule has 0 bridgehead atoms. The number of amides is 2. The summed E-state index contributed by atoms with van der Waals surface area (Å²) in [4.78, 5) is 24.2. The number of anilines is 1. The summed E-state index contributed by atoms with van der Waals surface area (Å²) in [7, 11) is 0. The second-order valence-electron chi connectivity index (χ2n) is 6.18. The van der Waals surface area contributed by atoms with Gasteiger partial charge in [-0.15, -0.1) is 10.2 Å². The molecule has 0 aliphatic carbocycles. The van der Waals surface area contributed by atoms with Gasteiger partial charge in [-0.1, -0.05) is 35.2 Å². The Bertz CT molecular complexity index is 1120. The molecular weight excluding hydrogens is 450 g/mol. The molecule has 3 aromatic rings. The van der Waals surface area contributed by atoms with Gasteiger partial charge in [-0.2, -0.15) is 0 Å². The Labute approximate surface area is 183 Å². The maximum absolute atomic E-state index is 13.7. The molecule has 2 amide bonds. The van der Waals surface area contributed by atoms with E-state index in [1.165, 1.54) is 6.07 Å². The Morgan fingerprint density at radius 3 is 2.68 bits per heavy atom. The molecule has 2 heterocycles. The van der Waals surface area contributed by atoms with Crippen molar-refractivity contribution >= 4 is 40.0 Å². The first-order chi connectivity index (χ1) is 15.0. The van der Waals surface area contributed by atoms with Crippen LogP contribution in [0, 0.1) is 11.6 Å². The summed E-state index contributed by atoms with van der Waals surface area (Å²) in [5.74, 6) is -1.76. The average Bonchev–Trinajstić information content (AvgIpc) is 3.39. The number of carbonyl (C=O) groups excluding carboxylic acids is 2. The molecule has 1 aliphatic heterocycles. The number of nitrogens with zero attached hydrogens (tertiary/aromatic N) is 2. The van der Waals surface area contributed by atoms with Crippen LogP contribution in [0.15, 0.2) is 40.7 Å². The Morgan fingerprint density at radius 2 is 1.87 bits per heavy atom. The summed E-state index contributed by atoms with van der Waals surface area (Å²) in [6.07, 6.45) is 0. The summed E-state index contributed by atoms with van der Waals surface area (Å²) in [5, 5.41) is 12.8. The standard InChI is InChI=1S/C19H14F2N4O4S2/c20-11-2-1-3-12(21)16(11)17(27)23-18-24-25-19(31-18)30-8-15(26)22-7-10-4-5-13-14(6-10)29-9-28-13/h1-6H,7-9H2,(H,22,26)(H,23,24,27). The van der Waals surface area contributed by atoms with Crippen molar-refractivity contribution in [3.63, 3.8) is 0 Å². The van der Waals surface area contributed by atoms with Crippen LogP contribution >= 0.6 is 23.1 Å². The lowest BCUT2D eigenvalue weighted by molar-refractivity contribution is -0.118. The van der Waals surface area contributed by atoms with Gasteiger partial charge >= 0.3 is 0 Å². The van der Waals surface area contributed by atoms with E-state index in [4.69, 9.17) is 9.47 Å². The number of hydrogen-bond acceptors (Lipinski definition) is 8. The van der Waals surface area contributed by atoms with E-state index in [2.05, 4.69) is 20.8 Å². The van der Waals surface area contributed by atoms with Crippen molar-refractivity contribution in [2.24, 2.45) is 0 Å². The summed E-state index contributed by atoms with van der Waals surface area (Å²) in [5.41, 5.74) is 0.165. The smallest absolute Gasteiger partial charge is 0.263 e. The van der Waals surface area contributed by atoms with Crippen molar-refractivity contribution in [3.8, 4) is 11.5 Å². The molecule has 0 radical (unpaired) electrons. The summed E-state index contributed by atoms with van der Waals surface area (Å²) in [6.45, 7) is 0.503. The number of fused-ring (bicyclic) bond motifs is 1. The van der Waals surface area contributed by atoms with E-state index in [0.29, 0.717) is 22.4 Å². The zero-order valence-corrected chi connectivity index (χ0v) is 17.3. The number of halogens is 2. The molecule has 160 valence electrons. The van der Waals surface area contributed by atoms with E-state index >= 15 is 0 Å². The normalized spacial score (nSPS) is 11.9. The van der Waals surface area contributed by atoms with Crippen LogP contribution in [0.5, 0.6) is 11.5 Å². The topological polar surface area (TPSA) is 102 Å². The SMILES string of the molecule is O=C(CSc1nnc(NC(=O)c2c(F)cccc2F)s1)NCc1ccc2c(c1)OCO2. The minimum Gasteiger partial charge on any atom is -0.454 e. The highest BCUT2D eigenvalue weighted by Gasteiger charge is 2.19. The number of rotatable bonds is 7. The van der Waals surface area contributed by atoms with Crippen molar-refractivity contribution < 1.29 is 27.8 Å². The van der Waals surface area contributed by atoms with Crippen molar-refractivity contribution in [1.29, 1.82) is 0 Å². The first-order valence-electron chi connectivity index (χ1n) is 8.86. The molecule has 12 heteroatoms. The Kier molecular flexibility index (Phi) is 6.28. The van der Waals surface area contributed by atoms with Crippen LogP contribution in [-0.4, -0.2) is 34.6 Å². The van der Waals surface area contributed by atoms with E-state index in [-0.39, 0.29) is 23.6 Å². The van der Waals surface area contributed by atoms with Crippen LogP contribution in [0.25, 0.3) is 0 Å². The molecule has 8 nitrogen and oxygen atoms in total. The molecule has 0 atom stereocenters. The quantitative estimate of drug-likeness (QED) is 0.409. The van der Waals surface area contributed by atoms with Gasteiger partial charge in [0, 0.05) is 6.54 Å². The van der Waals surface area contributed by atoms with Gasteiger partial charge in [0.2, 0.25) is 17.8 Å². The lowest BCUT2D eigenvalue weighted by Crippen LogP contribution is -2.24. The molecule has 1 aromatic heterocycles. The van der Waals surface area contributed by atoms with Crippen LogP contribution in [0.3, 0.4) is 0 Å². The van der Waals surface area contributed by atoms with Gasteiger partial charge in [-0.05, 0) is 29.8 Å². The fraction of sp³-hybridized carbons (Fsp3) is 0.158. The molecule has 2 N–H and O–H groups in total. The number of thioether (sulfide) groups is 1. The van der Waals surface area contributed by atoms with Crippen molar-refractivity contribution in [2.75, 3.05) is 17.9 Å². The van der Waals surface area contributed by atoms with Crippen molar-refractivity contribution in [2.45, 2.75) is 10.9 Å². The number of aromatic nitrogens is 2. The van der Waals surface area contributed by atoms with Crippen LogP contribution in [-0.2, 0) is 11.3 Å². The van der Waals surface area contributed by atoms with Crippen LogP contribution < -0.4 is 20.1 Å². The molecule has 0 saturated heterocycles. The van der Waals surface area contributed by atoms with Crippen molar-refractivity contribution in [1.82, 2.24) is 15.5 Å². The van der Waals surface area contributed by atoms with Gasteiger partial charge in [-0.3, -0.25) is 14.9 Å². The zero-order chi connectivity index (χ0) is 21.8.